The molecule has 1 heterocycles. The summed E-state index contributed by atoms with van der Waals surface area (Å²) in [5.74, 6) is 3.75. The topological polar surface area (TPSA) is 63.4 Å². The predicted molar refractivity (Wildman–Crippen MR) is 75.6 cm³/mol. The minimum Gasteiger partial charge on any atom is -0.320 e. The maximum Gasteiger partial charge on any atom is 0.238 e. The third-order valence-electron chi connectivity index (χ3n) is 4.33. The number of amides is 2. The smallest absolute Gasteiger partial charge is 0.238 e. The van der Waals surface area contributed by atoms with Gasteiger partial charge in [-0.3, -0.25) is 9.59 Å². The number of imide groups is 1. The number of halogens is 1. The molecule has 0 aromatic heterocycles. The van der Waals surface area contributed by atoms with E-state index in [1.165, 1.54) is 18.2 Å². The van der Waals surface area contributed by atoms with Crippen LogP contribution in [0, 0.1) is 34.9 Å². The third-order valence-corrected chi connectivity index (χ3v) is 4.33. The fourth-order valence-electron chi connectivity index (χ4n) is 3.10. The molecule has 2 fully saturated rings. The van der Waals surface area contributed by atoms with Gasteiger partial charge in [0.05, 0.1) is 29.6 Å². The quantitative estimate of drug-likeness (QED) is 0.625. The van der Waals surface area contributed by atoms with Crippen LogP contribution in [0.4, 0.5) is 10.1 Å². The molecule has 2 aliphatic rings. The van der Waals surface area contributed by atoms with E-state index in [2.05, 4.69) is 11.8 Å². The Kier molecular flexibility index (Phi) is 2.89. The van der Waals surface area contributed by atoms with Gasteiger partial charge >= 0.3 is 0 Å². The molecule has 21 heavy (non-hydrogen) atoms. The molecule has 1 aromatic rings. The first-order valence-electron chi connectivity index (χ1n) is 6.76. The highest BCUT2D eigenvalue weighted by Crippen LogP contribution is 2.63. The molecule has 0 spiro atoms. The lowest BCUT2D eigenvalue weighted by Gasteiger charge is -2.20. The summed E-state index contributed by atoms with van der Waals surface area (Å²) in [4.78, 5) is 25.8. The lowest BCUT2D eigenvalue weighted by molar-refractivity contribution is -0.125. The largest absolute Gasteiger partial charge is 0.320 e. The average molecular weight is 286 g/mol. The van der Waals surface area contributed by atoms with Crippen LogP contribution < -0.4 is 10.6 Å². The second-order valence-electron chi connectivity index (χ2n) is 5.96. The zero-order valence-corrected chi connectivity index (χ0v) is 11.8. The van der Waals surface area contributed by atoms with Crippen LogP contribution in [0.15, 0.2) is 18.2 Å². The Labute approximate surface area is 122 Å². The van der Waals surface area contributed by atoms with Gasteiger partial charge in [0.25, 0.3) is 0 Å². The van der Waals surface area contributed by atoms with Crippen LogP contribution >= 0.6 is 0 Å². The van der Waals surface area contributed by atoms with Crippen LogP contribution in [0.2, 0.25) is 0 Å². The lowest BCUT2D eigenvalue weighted by atomic mass is 10.0. The number of fused-ring (bicyclic) bond motifs is 1. The number of hydrogen-bond donors (Lipinski definition) is 1. The summed E-state index contributed by atoms with van der Waals surface area (Å²) < 4.78 is 13.7. The highest BCUT2D eigenvalue weighted by Gasteiger charge is 2.72. The van der Waals surface area contributed by atoms with E-state index in [4.69, 9.17) is 5.73 Å². The monoisotopic (exact) mass is 286 g/mol. The minimum absolute atomic E-state index is 0.115. The normalized spacial score (nSPS) is 25.4. The van der Waals surface area contributed by atoms with Crippen molar-refractivity contribution in [1.29, 1.82) is 0 Å². The van der Waals surface area contributed by atoms with Gasteiger partial charge in [0.2, 0.25) is 11.8 Å². The molecule has 3 rings (SSSR count). The van der Waals surface area contributed by atoms with Crippen LogP contribution in [-0.2, 0) is 9.59 Å². The van der Waals surface area contributed by atoms with Crippen LogP contribution in [0.3, 0.4) is 0 Å². The molecule has 0 radical (unpaired) electrons. The SMILES string of the molecule is CC1(C)C2C(=O)N(c3ccc(F)c(C#CCN)c3)C(=O)C21. The van der Waals surface area contributed by atoms with Gasteiger partial charge in [-0.05, 0) is 23.6 Å². The fourth-order valence-corrected chi connectivity index (χ4v) is 3.10. The molecule has 1 saturated carbocycles. The van der Waals surface area contributed by atoms with Crippen LogP contribution in [0.5, 0.6) is 0 Å². The van der Waals surface area contributed by atoms with E-state index in [-0.39, 0.29) is 41.2 Å². The van der Waals surface area contributed by atoms with Gasteiger partial charge in [0.1, 0.15) is 5.82 Å². The van der Waals surface area contributed by atoms with Crippen molar-refractivity contribution in [2.75, 3.05) is 11.4 Å². The van der Waals surface area contributed by atoms with Gasteiger partial charge in [0.15, 0.2) is 0 Å². The van der Waals surface area contributed by atoms with Gasteiger partial charge < -0.3 is 5.73 Å². The zero-order chi connectivity index (χ0) is 15.4. The fraction of sp³-hybridized carbons (Fsp3) is 0.375. The molecule has 2 atom stereocenters. The number of piperidine rings is 1. The van der Waals surface area contributed by atoms with Crippen molar-refractivity contribution in [2.45, 2.75) is 13.8 Å². The number of hydrogen-bond acceptors (Lipinski definition) is 3. The molecule has 0 bridgehead atoms. The molecule has 1 aliphatic heterocycles. The van der Waals surface area contributed by atoms with Crippen LogP contribution in [-0.4, -0.2) is 18.4 Å². The molecule has 5 heteroatoms. The molecule has 1 aromatic carbocycles. The van der Waals surface area contributed by atoms with Gasteiger partial charge in [-0.2, -0.15) is 0 Å². The standard InChI is InChI=1S/C16H15FN2O2/c1-16(2)12-13(16)15(21)19(14(12)20)10-5-6-11(17)9(8-10)4-3-7-18/h5-6,8,12-13H,7,18H2,1-2H3. The van der Waals surface area contributed by atoms with Crippen LogP contribution in [0.1, 0.15) is 19.4 Å². The van der Waals surface area contributed by atoms with Crippen molar-refractivity contribution in [3.63, 3.8) is 0 Å². The van der Waals surface area contributed by atoms with E-state index in [1.807, 2.05) is 13.8 Å². The van der Waals surface area contributed by atoms with Crippen molar-refractivity contribution in [3.05, 3.63) is 29.6 Å². The van der Waals surface area contributed by atoms with Crippen molar-refractivity contribution in [1.82, 2.24) is 0 Å². The third kappa shape index (κ3) is 1.87. The number of nitrogens with two attached hydrogens (primary N) is 1. The summed E-state index contributed by atoms with van der Waals surface area (Å²) in [5.41, 5.74) is 5.52. The van der Waals surface area contributed by atoms with Gasteiger partial charge in [-0.25, -0.2) is 9.29 Å². The minimum atomic E-state index is -0.496. The summed E-state index contributed by atoms with van der Waals surface area (Å²) >= 11 is 0. The Hall–Kier alpha value is -2.19. The van der Waals surface area contributed by atoms with Crippen LogP contribution in [0.25, 0.3) is 0 Å². The van der Waals surface area contributed by atoms with Crippen molar-refractivity contribution < 1.29 is 14.0 Å². The zero-order valence-electron chi connectivity index (χ0n) is 11.8. The highest BCUT2D eigenvalue weighted by atomic mass is 19.1. The number of anilines is 1. The second kappa shape index (κ2) is 4.40. The van der Waals surface area contributed by atoms with E-state index in [9.17, 15) is 14.0 Å². The summed E-state index contributed by atoms with van der Waals surface area (Å²) in [6, 6.07) is 4.06. The summed E-state index contributed by atoms with van der Waals surface area (Å²) in [7, 11) is 0. The highest BCUT2D eigenvalue weighted by molar-refractivity contribution is 6.25. The molecule has 4 nitrogen and oxygen atoms in total. The van der Waals surface area contributed by atoms with Crippen molar-refractivity contribution in [2.24, 2.45) is 23.0 Å². The molecule has 2 amide bonds. The summed E-state index contributed by atoms with van der Waals surface area (Å²) in [6.07, 6.45) is 0. The van der Waals surface area contributed by atoms with Crippen molar-refractivity contribution >= 4 is 17.5 Å². The Morgan fingerprint density at radius 1 is 1.29 bits per heavy atom. The van der Waals surface area contributed by atoms with E-state index in [0.29, 0.717) is 5.69 Å². The molecule has 1 saturated heterocycles. The van der Waals surface area contributed by atoms with E-state index >= 15 is 0 Å². The molecule has 2 N–H and O–H groups in total. The molecular formula is C16H15FN2O2. The van der Waals surface area contributed by atoms with E-state index < -0.39 is 5.82 Å². The maximum absolute atomic E-state index is 13.7. The Morgan fingerprint density at radius 2 is 1.90 bits per heavy atom. The molecule has 1 aliphatic carbocycles. The lowest BCUT2D eigenvalue weighted by Crippen LogP contribution is -2.36. The second-order valence-corrected chi connectivity index (χ2v) is 5.96. The van der Waals surface area contributed by atoms with E-state index in [1.54, 1.807) is 0 Å². The summed E-state index contributed by atoms with van der Waals surface area (Å²) in [6.45, 7) is 3.94. The predicted octanol–water partition coefficient (Wildman–Crippen LogP) is 1.28. The molecule has 2 unspecified atom stereocenters. The van der Waals surface area contributed by atoms with Gasteiger partial charge in [-0.1, -0.05) is 25.7 Å². The average Bonchev–Trinajstić information content (AvgIpc) is 2.89. The summed E-state index contributed by atoms with van der Waals surface area (Å²) in [5, 5.41) is 0. The Morgan fingerprint density at radius 3 is 2.48 bits per heavy atom. The number of carbonyl (C=O) groups is 2. The number of benzene rings is 1. The van der Waals surface area contributed by atoms with Gasteiger partial charge in [-0.15, -0.1) is 0 Å². The van der Waals surface area contributed by atoms with Crippen molar-refractivity contribution in [3.8, 4) is 11.8 Å². The Bertz CT molecular complexity index is 691. The van der Waals surface area contributed by atoms with Gasteiger partial charge in [0, 0.05) is 0 Å². The number of nitrogens with zero attached hydrogens (tertiary/aromatic N) is 1. The maximum atomic E-state index is 13.7. The first kappa shape index (κ1) is 13.8. The molecule has 108 valence electrons. The first-order valence-corrected chi connectivity index (χ1v) is 6.76. The molecular weight excluding hydrogens is 271 g/mol. The van der Waals surface area contributed by atoms with E-state index in [0.717, 1.165) is 4.90 Å². The number of carbonyl (C=O) groups excluding carboxylic acids is 2. The first-order chi connectivity index (χ1) is 9.89. The Balaban J connectivity index is 1.96. The number of rotatable bonds is 1.